The van der Waals surface area contributed by atoms with Crippen LogP contribution in [0.3, 0.4) is 0 Å². The van der Waals surface area contributed by atoms with E-state index in [9.17, 15) is 0 Å². The minimum atomic E-state index is -0.115. The molecule has 0 aliphatic carbocycles. The van der Waals surface area contributed by atoms with Gasteiger partial charge >= 0.3 is 0 Å². The third kappa shape index (κ3) is 2.98. The largest absolute Gasteiger partial charge is 0.369 e. The molecule has 1 aromatic carbocycles. The van der Waals surface area contributed by atoms with Gasteiger partial charge in [0.05, 0.1) is 17.4 Å². The monoisotopic (exact) mass is 396 g/mol. The normalized spacial score (nSPS) is 26.7. The van der Waals surface area contributed by atoms with Crippen LogP contribution >= 0.6 is 11.8 Å². The number of nitrogens with zero attached hydrogens (tertiary/aromatic N) is 4. The first kappa shape index (κ1) is 18.0. The average molecular weight is 397 g/mol. The Hall–Kier alpha value is -2.08. The molecule has 0 spiro atoms. The lowest BCUT2D eigenvalue weighted by atomic mass is 9.92. The molecular weight excluding hydrogens is 371 g/mol. The van der Waals surface area contributed by atoms with Crippen molar-refractivity contribution < 1.29 is 4.39 Å². The van der Waals surface area contributed by atoms with E-state index in [1.165, 1.54) is 0 Å². The standard InChI is InChI=1S/C22H25FN4S/c1-14-11-19(26-9-5-6-10-26)17(23)12-16(14)21-20(18-7-3-4-8-24-18)25-22-27(21)13-15(2)28-22/h3-4,7-8,11-12,15,20-21H,5-6,9-10,13H2,1-2H3/t15-,20+,21-/m1/s1. The lowest BCUT2D eigenvalue weighted by Crippen LogP contribution is -2.29. The molecule has 146 valence electrons. The fraction of sp³-hybridized carbons (Fsp3) is 0.455. The van der Waals surface area contributed by atoms with Gasteiger partial charge in [0.1, 0.15) is 11.9 Å². The summed E-state index contributed by atoms with van der Waals surface area (Å²) in [6.07, 6.45) is 4.10. The second-order valence-corrected chi connectivity index (χ2v) is 9.40. The maximum absolute atomic E-state index is 15.2. The number of hydrogen-bond acceptors (Lipinski definition) is 5. The number of aliphatic imine (C=N–C) groups is 1. The first-order valence-electron chi connectivity index (χ1n) is 10.1. The number of halogens is 1. The van der Waals surface area contributed by atoms with Gasteiger partial charge in [-0.3, -0.25) is 9.98 Å². The molecule has 2 saturated heterocycles. The van der Waals surface area contributed by atoms with Crippen LogP contribution < -0.4 is 4.90 Å². The Morgan fingerprint density at radius 2 is 2.00 bits per heavy atom. The molecule has 0 saturated carbocycles. The van der Waals surface area contributed by atoms with Crippen molar-refractivity contribution in [2.45, 2.75) is 44.0 Å². The molecule has 4 heterocycles. The van der Waals surface area contributed by atoms with Gasteiger partial charge in [0, 0.05) is 31.1 Å². The van der Waals surface area contributed by atoms with Crippen LogP contribution in [0.25, 0.3) is 0 Å². The number of anilines is 1. The van der Waals surface area contributed by atoms with Crippen LogP contribution in [-0.4, -0.2) is 39.9 Å². The van der Waals surface area contributed by atoms with Crippen molar-refractivity contribution in [3.63, 3.8) is 0 Å². The highest BCUT2D eigenvalue weighted by Crippen LogP contribution is 2.48. The van der Waals surface area contributed by atoms with Crippen LogP contribution in [0.2, 0.25) is 0 Å². The second-order valence-electron chi connectivity index (χ2n) is 7.99. The Labute approximate surface area is 169 Å². The Morgan fingerprint density at radius 1 is 1.18 bits per heavy atom. The highest BCUT2D eigenvalue weighted by molar-refractivity contribution is 8.14. The number of fused-ring (bicyclic) bond motifs is 1. The first-order valence-corrected chi connectivity index (χ1v) is 11.0. The number of hydrogen-bond donors (Lipinski definition) is 0. The molecule has 0 unspecified atom stereocenters. The van der Waals surface area contributed by atoms with Crippen molar-refractivity contribution in [1.29, 1.82) is 0 Å². The van der Waals surface area contributed by atoms with Crippen LogP contribution in [-0.2, 0) is 0 Å². The summed E-state index contributed by atoms with van der Waals surface area (Å²) in [6, 6.07) is 9.67. The van der Waals surface area contributed by atoms with Gasteiger partial charge in [-0.25, -0.2) is 4.39 Å². The van der Waals surface area contributed by atoms with E-state index in [0.717, 1.165) is 60.2 Å². The summed E-state index contributed by atoms with van der Waals surface area (Å²) in [5, 5.41) is 1.57. The van der Waals surface area contributed by atoms with Crippen molar-refractivity contribution in [3.05, 3.63) is 59.2 Å². The Kier molecular flexibility index (Phi) is 4.54. The predicted octanol–water partition coefficient (Wildman–Crippen LogP) is 4.72. The lowest BCUT2D eigenvalue weighted by Gasteiger charge is -2.29. The lowest BCUT2D eigenvalue weighted by molar-refractivity contribution is 0.319. The zero-order chi connectivity index (χ0) is 19.3. The van der Waals surface area contributed by atoms with Crippen molar-refractivity contribution in [3.8, 4) is 0 Å². The number of aryl methyl sites for hydroxylation is 1. The van der Waals surface area contributed by atoms with Crippen LogP contribution in [0.5, 0.6) is 0 Å². The van der Waals surface area contributed by atoms with Crippen molar-refractivity contribution in [2.75, 3.05) is 24.5 Å². The van der Waals surface area contributed by atoms with Gasteiger partial charge in [-0.1, -0.05) is 24.8 Å². The van der Waals surface area contributed by atoms with E-state index in [4.69, 9.17) is 4.99 Å². The zero-order valence-electron chi connectivity index (χ0n) is 16.3. The van der Waals surface area contributed by atoms with E-state index >= 15 is 4.39 Å². The van der Waals surface area contributed by atoms with E-state index in [1.807, 2.05) is 42.2 Å². The molecule has 2 aromatic rings. The molecule has 0 radical (unpaired) electrons. The average Bonchev–Trinajstić information content (AvgIpc) is 3.40. The number of benzene rings is 1. The Morgan fingerprint density at radius 3 is 2.75 bits per heavy atom. The molecule has 3 atom stereocenters. The van der Waals surface area contributed by atoms with Gasteiger partial charge in [0.25, 0.3) is 0 Å². The van der Waals surface area contributed by atoms with E-state index in [0.29, 0.717) is 5.25 Å². The maximum atomic E-state index is 15.2. The summed E-state index contributed by atoms with van der Waals surface area (Å²) in [4.78, 5) is 14.1. The van der Waals surface area contributed by atoms with E-state index < -0.39 is 0 Å². The van der Waals surface area contributed by atoms with Gasteiger partial charge in [-0.15, -0.1) is 0 Å². The summed E-state index contributed by atoms with van der Waals surface area (Å²) >= 11 is 1.81. The summed E-state index contributed by atoms with van der Waals surface area (Å²) in [5.74, 6) is -0.115. The fourth-order valence-electron chi connectivity index (χ4n) is 4.65. The van der Waals surface area contributed by atoms with Gasteiger partial charge in [-0.05, 0) is 55.2 Å². The predicted molar refractivity (Wildman–Crippen MR) is 113 cm³/mol. The highest BCUT2D eigenvalue weighted by atomic mass is 32.2. The van der Waals surface area contributed by atoms with Gasteiger partial charge < -0.3 is 9.80 Å². The first-order chi connectivity index (χ1) is 13.6. The smallest absolute Gasteiger partial charge is 0.160 e. The van der Waals surface area contributed by atoms with E-state index in [-0.39, 0.29) is 17.9 Å². The summed E-state index contributed by atoms with van der Waals surface area (Å²) in [7, 11) is 0. The molecule has 1 aromatic heterocycles. The Balaban J connectivity index is 1.57. The minimum absolute atomic E-state index is 0.00415. The number of rotatable bonds is 3. The molecule has 6 heteroatoms. The molecule has 5 rings (SSSR count). The molecular formula is C22H25FN4S. The molecule has 4 nitrogen and oxygen atoms in total. The summed E-state index contributed by atoms with van der Waals surface area (Å²) < 4.78 is 15.2. The van der Waals surface area contributed by atoms with Gasteiger partial charge in [0.2, 0.25) is 0 Å². The molecule has 0 amide bonds. The highest BCUT2D eigenvalue weighted by Gasteiger charge is 2.44. The van der Waals surface area contributed by atoms with Crippen molar-refractivity contribution >= 4 is 22.6 Å². The van der Waals surface area contributed by atoms with E-state index in [2.05, 4.69) is 28.6 Å². The van der Waals surface area contributed by atoms with E-state index in [1.54, 1.807) is 6.07 Å². The maximum Gasteiger partial charge on any atom is 0.160 e. The minimum Gasteiger partial charge on any atom is -0.369 e. The SMILES string of the molecule is Cc1cc(N2CCCC2)c(F)cc1[C@@H]1[C@H](c2ccccn2)N=C2S[C@H](C)CN21. The summed E-state index contributed by atoms with van der Waals surface area (Å²) in [5.41, 5.74) is 3.86. The van der Waals surface area contributed by atoms with Crippen molar-refractivity contribution in [1.82, 2.24) is 9.88 Å². The van der Waals surface area contributed by atoms with Crippen LogP contribution in [0.1, 0.15) is 48.7 Å². The molecule has 2 fully saturated rings. The number of aromatic nitrogens is 1. The zero-order valence-corrected chi connectivity index (χ0v) is 17.1. The molecule has 3 aliphatic rings. The third-order valence-corrected chi connectivity index (χ3v) is 7.08. The van der Waals surface area contributed by atoms with Crippen LogP contribution in [0, 0.1) is 12.7 Å². The van der Waals surface area contributed by atoms with Crippen LogP contribution in [0.4, 0.5) is 10.1 Å². The van der Waals surface area contributed by atoms with Crippen molar-refractivity contribution in [2.24, 2.45) is 4.99 Å². The quantitative estimate of drug-likeness (QED) is 0.751. The summed E-state index contributed by atoms with van der Waals surface area (Å²) in [6.45, 7) is 7.16. The number of amidine groups is 1. The fourth-order valence-corrected chi connectivity index (χ4v) is 5.75. The molecule has 3 aliphatic heterocycles. The molecule has 0 N–H and O–H groups in total. The Bertz CT molecular complexity index is 910. The number of pyridine rings is 1. The second kappa shape index (κ2) is 7.07. The van der Waals surface area contributed by atoms with Crippen LogP contribution in [0.15, 0.2) is 41.5 Å². The molecule has 0 bridgehead atoms. The number of thioether (sulfide) groups is 1. The van der Waals surface area contributed by atoms with Gasteiger partial charge in [0.15, 0.2) is 5.17 Å². The molecule has 28 heavy (non-hydrogen) atoms. The topological polar surface area (TPSA) is 31.7 Å². The van der Waals surface area contributed by atoms with Gasteiger partial charge in [-0.2, -0.15) is 0 Å². The third-order valence-electron chi connectivity index (χ3n) is 5.98.